The van der Waals surface area contributed by atoms with E-state index in [1.54, 1.807) is 4.90 Å². The Morgan fingerprint density at radius 1 is 1.29 bits per heavy atom. The normalized spacial score (nSPS) is 10.6. The molecule has 1 aromatic rings. The highest BCUT2D eigenvalue weighted by molar-refractivity contribution is 6.29. The lowest BCUT2D eigenvalue weighted by Crippen LogP contribution is -2.32. The molecule has 0 heterocycles. The van der Waals surface area contributed by atoms with E-state index in [9.17, 15) is 4.79 Å². The third-order valence-electron chi connectivity index (χ3n) is 2.73. The summed E-state index contributed by atoms with van der Waals surface area (Å²) in [5.41, 5.74) is 2.21. The molecule has 0 aliphatic heterocycles. The first-order valence-electron chi connectivity index (χ1n) is 6.06. The maximum Gasteiger partial charge on any atom is 0.241 e. The fourth-order valence-electron chi connectivity index (χ4n) is 1.73. The molecular weight excluding hydrogens is 234 g/mol. The number of rotatable bonds is 5. The van der Waals surface area contributed by atoms with Gasteiger partial charge in [0.25, 0.3) is 0 Å². The average Bonchev–Trinajstić information content (AvgIpc) is 2.35. The van der Waals surface area contributed by atoms with E-state index in [4.69, 9.17) is 11.6 Å². The van der Waals surface area contributed by atoms with Gasteiger partial charge in [0.05, 0.1) is 0 Å². The molecule has 1 aromatic carbocycles. The molecule has 94 valence electrons. The van der Waals surface area contributed by atoms with Crippen molar-refractivity contribution in [2.24, 2.45) is 0 Å². The van der Waals surface area contributed by atoms with E-state index in [0.717, 1.165) is 12.1 Å². The summed E-state index contributed by atoms with van der Waals surface area (Å²) in [6, 6.07) is 8.14. The van der Waals surface area contributed by atoms with Crippen molar-refractivity contribution >= 4 is 23.2 Å². The van der Waals surface area contributed by atoms with E-state index in [0.29, 0.717) is 12.5 Å². The second-order valence-electron chi connectivity index (χ2n) is 4.43. The van der Waals surface area contributed by atoms with Crippen LogP contribution in [0.5, 0.6) is 0 Å². The van der Waals surface area contributed by atoms with Crippen molar-refractivity contribution in [3.63, 3.8) is 0 Å². The van der Waals surface area contributed by atoms with Crippen LogP contribution in [0.2, 0.25) is 0 Å². The predicted octanol–water partition coefficient (Wildman–Crippen LogP) is 3.79. The Morgan fingerprint density at radius 3 is 2.29 bits per heavy atom. The second kappa shape index (κ2) is 6.65. The number of hydrogen-bond acceptors (Lipinski definition) is 1. The first-order chi connectivity index (χ1) is 8.10. The summed E-state index contributed by atoms with van der Waals surface area (Å²) in [7, 11) is 0. The fourth-order valence-corrected chi connectivity index (χ4v) is 1.88. The minimum atomic E-state index is -0.0363. The molecule has 0 spiro atoms. The number of hydrogen-bond donors (Lipinski definition) is 0. The van der Waals surface area contributed by atoms with Crippen molar-refractivity contribution in [3.05, 3.63) is 29.8 Å². The largest absolute Gasteiger partial charge is 0.311 e. The molecule has 2 nitrogen and oxygen atoms in total. The van der Waals surface area contributed by atoms with Crippen molar-refractivity contribution in [1.29, 1.82) is 0 Å². The van der Waals surface area contributed by atoms with Crippen molar-refractivity contribution < 1.29 is 4.79 Å². The minimum absolute atomic E-state index is 0.0337. The highest BCUT2D eigenvalue weighted by Gasteiger charge is 2.13. The Labute approximate surface area is 109 Å². The number of alkyl halides is 1. The van der Waals surface area contributed by atoms with E-state index in [-0.39, 0.29) is 11.8 Å². The molecule has 1 rings (SSSR count). The van der Waals surface area contributed by atoms with Gasteiger partial charge < -0.3 is 4.90 Å². The Bertz CT molecular complexity index is 359. The Hall–Kier alpha value is -1.02. The maximum atomic E-state index is 11.7. The zero-order chi connectivity index (χ0) is 12.8. The first kappa shape index (κ1) is 14.0. The molecule has 0 bridgehead atoms. The molecule has 0 unspecified atom stereocenters. The van der Waals surface area contributed by atoms with Gasteiger partial charge in [0, 0.05) is 12.2 Å². The molecule has 1 amide bonds. The molecule has 0 saturated carbocycles. The second-order valence-corrected chi connectivity index (χ2v) is 4.69. The van der Waals surface area contributed by atoms with Gasteiger partial charge in [-0.1, -0.05) is 32.9 Å². The van der Waals surface area contributed by atoms with Gasteiger partial charge in [0.15, 0.2) is 0 Å². The quantitative estimate of drug-likeness (QED) is 0.731. The summed E-state index contributed by atoms with van der Waals surface area (Å²) in [4.78, 5) is 13.5. The van der Waals surface area contributed by atoms with E-state index in [2.05, 4.69) is 32.9 Å². The van der Waals surface area contributed by atoms with Crippen molar-refractivity contribution in [3.8, 4) is 0 Å². The van der Waals surface area contributed by atoms with Crippen LogP contribution in [-0.2, 0) is 4.79 Å². The molecule has 0 radical (unpaired) electrons. The fraction of sp³-hybridized carbons (Fsp3) is 0.500. The molecule has 0 aliphatic carbocycles. The van der Waals surface area contributed by atoms with Gasteiger partial charge in [0.2, 0.25) is 5.91 Å². The Balaban J connectivity index is 2.91. The van der Waals surface area contributed by atoms with E-state index >= 15 is 0 Å². The summed E-state index contributed by atoms with van der Waals surface area (Å²) in [5.74, 6) is 0.504. The number of nitrogens with zero attached hydrogens (tertiary/aromatic N) is 1. The zero-order valence-corrected chi connectivity index (χ0v) is 11.5. The summed E-state index contributed by atoms with van der Waals surface area (Å²) >= 11 is 5.62. The van der Waals surface area contributed by atoms with Crippen LogP contribution in [-0.4, -0.2) is 18.3 Å². The molecule has 3 heteroatoms. The van der Waals surface area contributed by atoms with Crippen molar-refractivity contribution in [2.75, 3.05) is 17.3 Å². The van der Waals surface area contributed by atoms with Gasteiger partial charge in [-0.05, 0) is 30.0 Å². The summed E-state index contributed by atoms with van der Waals surface area (Å²) < 4.78 is 0. The van der Waals surface area contributed by atoms with Gasteiger partial charge in [-0.25, -0.2) is 0 Å². The topological polar surface area (TPSA) is 20.3 Å². The van der Waals surface area contributed by atoms with Crippen LogP contribution in [0.3, 0.4) is 0 Å². The third kappa shape index (κ3) is 3.74. The number of benzene rings is 1. The summed E-state index contributed by atoms with van der Waals surface area (Å²) in [5, 5.41) is 0. The number of carbonyl (C=O) groups excluding carboxylic acids is 1. The Kier molecular flexibility index (Phi) is 5.49. The van der Waals surface area contributed by atoms with Gasteiger partial charge in [-0.2, -0.15) is 0 Å². The summed E-state index contributed by atoms with van der Waals surface area (Å²) in [6.45, 7) is 7.08. The number of halogens is 1. The monoisotopic (exact) mass is 253 g/mol. The van der Waals surface area contributed by atoms with Crippen LogP contribution < -0.4 is 4.90 Å². The molecule has 0 aliphatic rings. The SMILES string of the molecule is CCCN(C(=O)CCl)c1ccc(C(C)C)cc1. The average molecular weight is 254 g/mol. The number of anilines is 1. The molecule has 17 heavy (non-hydrogen) atoms. The lowest BCUT2D eigenvalue weighted by Gasteiger charge is -2.21. The molecule has 0 N–H and O–H groups in total. The summed E-state index contributed by atoms with van der Waals surface area (Å²) in [6.07, 6.45) is 0.925. The highest BCUT2D eigenvalue weighted by atomic mass is 35.5. The highest BCUT2D eigenvalue weighted by Crippen LogP contribution is 2.20. The minimum Gasteiger partial charge on any atom is -0.311 e. The van der Waals surface area contributed by atoms with E-state index in [1.165, 1.54) is 5.56 Å². The van der Waals surface area contributed by atoms with Crippen molar-refractivity contribution in [2.45, 2.75) is 33.1 Å². The van der Waals surface area contributed by atoms with Crippen LogP contribution >= 0.6 is 11.6 Å². The van der Waals surface area contributed by atoms with Gasteiger partial charge in [-0.15, -0.1) is 11.6 Å². The van der Waals surface area contributed by atoms with E-state index in [1.807, 2.05) is 12.1 Å². The lowest BCUT2D eigenvalue weighted by molar-refractivity contribution is -0.116. The van der Waals surface area contributed by atoms with Gasteiger partial charge >= 0.3 is 0 Å². The standard InChI is InChI=1S/C14H20ClNO/c1-4-9-16(14(17)10-15)13-7-5-12(6-8-13)11(2)3/h5-8,11H,4,9-10H2,1-3H3. The third-order valence-corrected chi connectivity index (χ3v) is 2.96. The number of carbonyl (C=O) groups is 1. The van der Waals surface area contributed by atoms with Crippen LogP contribution in [0.25, 0.3) is 0 Å². The van der Waals surface area contributed by atoms with Gasteiger partial charge in [0.1, 0.15) is 5.88 Å². The van der Waals surface area contributed by atoms with E-state index < -0.39 is 0 Å². The van der Waals surface area contributed by atoms with Crippen LogP contribution in [0.1, 0.15) is 38.7 Å². The predicted molar refractivity (Wildman–Crippen MR) is 73.9 cm³/mol. The smallest absolute Gasteiger partial charge is 0.241 e. The van der Waals surface area contributed by atoms with Gasteiger partial charge in [-0.3, -0.25) is 4.79 Å². The van der Waals surface area contributed by atoms with Crippen LogP contribution in [0.15, 0.2) is 24.3 Å². The number of amides is 1. The lowest BCUT2D eigenvalue weighted by atomic mass is 10.0. The van der Waals surface area contributed by atoms with Crippen molar-refractivity contribution in [1.82, 2.24) is 0 Å². The van der Waals surface area contributed by atoms with Crippen LogP contribution in [0.4, 0.5) is 5.69 Å². The van der Waals surface area contributed by atoms with Crippen LogP contribution in [0, 0.1) is 0 Å². The zero-order valence-electron chi connectivity index (χ0n) is 10.7. The first-order valence-corrected chi connectivity index (χ1v) is 6.59. The molecule has 0 atom stereocenters. The maximum absolute atomic E-state index is 11.7. The molecule has 0 aromatic heterocycles. The molecule has 0 fully saturated rings. The molecular formula is C14H20ClNO. The Morgan fingerprint density at radius 2 is 1.88 bits per heavy atom. The molecule has 0 saturated heterocycles.